The van der Waals surface area contributed by atoms with E-state index in [1.165, 1.54) is 0 Å². The van der Waals surface area contributed by atoms with Gasteiger partial charge in [-0.1, -0.05) is 18.2 Å². The van der Waals surface area contributed by atoms with Crippen LogP contribution in [0.2, 0.25) is 0 Å². The summed E-state index contributed by atoms with van der Waals surface area (Å²) in [4.78, 5) is 4.58. The largest absolute Gasteiger partial charge is 0.376 e. The number of rotatable bonds is 3. The van der Waals surface area contributed by atoms with E-state index in [9.17, 15) is 0 Å². The predicted molar refractivity (Wildman–Crippen MR) is 75.7 cm³/mol. The summed E-state index contributed by atoms with van der Waals surface area (Å²) in [6.45, 7) is 4.94. The van der Waals surface area contributed by atoms with Crippen LogP contribution in [-0.2, 0) is 4.74 Å². The smallest absolute Gasteiger partial charge is 0.208 e. The van der Waals surface area contributed by atoms with Crippen molar-refractivity contribution in [2.24, 2.45) is 0 Å². The summed E-state index contributed by atoms with van der Waals surface area (Å²) >= 11 is 0. The Morgan fingerprint density at radius 1 is 1.32 bits per heavy atom. The van der Waals surface area contributed by atoms with Crippen molar-refractivity contribution in [2.45, 2.75) is 32.4 Å². The number of aryl methyl sites for hydroxylation is 1. The second-order valence-electron chi connectivity index (χ2n) is 5.03. The lowest BCUT2D eigenvalue weighted by molar-refractivity contribution is 0.121. The Bertz CT molecular complexity index is 550. The van der Waals surface area contributed by atoms with Crippen molar-refractivity contribution in [2.75, 3.05) is 11.9 Å². The van der Waals surface area contributed by atoms with Gasteiger partial charge in [-0.3, -0.25) is 4.57 Å². The minimum Gasteiger partial charge on any atom is -0.376 e. The fraction of sp³-hybridized carbons (Fsp3) is 0.400. The summed E-state index contributed by atoms with van der Waals surface area (Å²) in [7, 11) is 0. The van der Waals surface area contributed by atoms with Crippen molar-refractivity contribution in [3.05, 3.63) is 42.2 Å². The zero-order valence-corrected chi connectivity index (χ0v) is 11.3. The maximum absolute atomic E-state index is 5.59. The van der Waals surface area contributed by atoms with Crippen LogP contribution in [-0.4, -0.2) is 28.3 Å². The summed E-state index contributed by atoms with van der Waals surface area (Å²) in [6.07, 6.45) is 3.32. The Balaban J connectivity index is 1.89. The normalized spacial score (nSPS) is 22.6. The van der Waals surface area contributed by atoms with Gasteiger partial charge < -0.3 is 10.1 Å². The van der Waals surface area contributed by atoms with Crippen molar-refractivity contribution in [3.8, 4) is 5.69 Å². The number of nitrogens with zero attached hydrogens (tertiary/aromatic N) is 2. The molecule has 19 heavy (non-hydrogen) atoms. The SMILES string of the molecule is Cc1cn(-c2ccccc2)c(NC2CCOC2C)n1. The highest BCUT2D eigenvalue weighted by Crippen LogP contribution is 2.21. The van der Waals surface area contributed by atoms with Crippen LogP contribution in [0.5, 0.6) is 0 Å². The molecule has 1 aromatic carbocycles. The van der Waals surface area contributed by atoms with E-state index in [1.54, 1.807) is 0 Å². The average molecular weight is 257 g/mol. The summed E-state index contributed by atoms with van der Waals surface area (Å²) < 4.78 is 7.69. The zero-order valence-electron chi connectivity index (χ0n) is 11.3. The van der Waals surface area contributed by atoms with Gasteiger partial charge in [-0.05, 0) is 32.4 Å². The van der Waals surface area contributed by atoms with Crippen LogP contribution in [0.25, 0.3) is 5.69 Å². The van der Waals surface area contributed by atoms with E-state index >= 15 is 0 Å². The van der Waals surface area contributed by atoms with Crippen LogP contribution in [0.3, 0.4) is 0 Å². The van der Waals surface area contributed by atoms with Gasteiger partial charge in [0.25, 0.3) is 0 Å². The van der Waals surface area contributed by atoms with Crippen molar-refractivity contribution in [1.82, 2.24) is 9.55 Å². The van der Waals surface area contributed by atoms with Gasteiger partial charge in [0.2, 0.25) is 5.95 Å². The molecule has 1 aliphatic rings. The van der Waals surface area contributed by atoms with Crippen molar-refractivity contribution < 1.29 is 4.74 Å². The third-order valence-electron chi connectivity index (χ3n) is 3.55. The van der Waals surface area contributed by atoms with E-state index in [-0.39, 0.29) is 6.10 Å². The lowest BCUT2D eigenvalue weighted by Crippen LogP contribution is -2.28. The number of para-hydroxylation sites is 1. The van der Waals surface area contributed by atoms with Gasteiger partial charge in [-0.25, -0.2) is 4.98 Å². The van der Waals surface area contributed by atoms with Crippen LogP contribution < -0.4 is 5.32 Å². The van der Waals surface area contributed by atoms with Gasteiger partial charge in [-0.2, -0.15) is 0 Å². The standard InChI is InChI=1S/C15H19N3O/c1-11-10-18(13-6-4-3-5-7-13)15(16-11)17-14-8-9-19-12(14)2/h3-7,10,12,14H,8-9H2,1-2H3,(H,16,17). The molecule has 2 unspecified atom stereocenters. The second-order valence-corrected chi connectivity index (χ2v) is 5.03. The summed E-state index contributed by atoms with van der Waals surface area (Å²) in [5.74, 6) is 0.894. The number of anilines is 1. The van der Waals surface area contributed by atoms with Gasteiger partial charge in [0.15, 0.2) is 0 Å². The topological polar surface area (TPSA) is 39.1 Å². The van der Waals surface area contributed by atoms with E-state index < -0.39 is 0 Å². The van der Waals surface area contributed by atoms with E-state index in [4.69, 9.17) is 4.74 Å². The minimum absolute atomic E-state index is 0.237. The lowest BCUT2D eigenvalue weighted by Gasteiger charge is -2.17. The van der Waals surface area contributed by atoms with Gasteiger partial charge in [0, 0.05) is 18.5 Å². The number of hydrogen-bond acceptors (Lipinski definition) is 3. The first-order valence-electron chi connectivity index (χ1n) is 6.73. The summed E-state index contributed by atoms with van der Waals surface area (Å²) in [6, 6.07) is 10.6. The maximum atomic E-state index is 5.59. The van der Waals surface area contributed by atoms with Crippen molar-refractivity contribution in [3.63, 3.8) is 0 Å². The van der Waals surface area contributed by atoms with Crippen molar-refractivity contribution >= 4 is 5.95 Å². The molecule has 0 bridgehead atoms. The molecule has 0 saturated carbocycles. The lowest BCUT2D eigenvalue weighted by atomic mass is 10.2. The molecular formula is C15H19N3O. The van der Waals surface area contributed by atoms with Crippen LogP contribution >= 0.6 is 0 Å². The highest BCUT2D eigenvalue weighted by molar-refractivity contribution is 5.43. The molecule has 0 spiro atoms. The van der Waals surface area contributed by atoms with Crippen LogP contribution in [0.15, 0.2) is 36.5 Å². The minimum atomic E-state index is 0.237. The maximum Gasteiger partial charge on any atom is 0.208 e. The zero-order chi connectivity index (χ0) is 13.2. The molecule has 0 radical (unpaired) electrons. The molecule has 3 rings (SSSR count). The third-order valence-corrected chi connectivity index (χ3v) is 3.55. The van der Waals surface area contributed by atoms with Crippen LogP contribution in [0.4, 0.5) is 5.95 Å². The van der Waals surface area contributed by atoms with Crippen LogP contribution in [0.1, 0.15) is 19.0 Å². The highest BCUT2D eigenvalue weighted by Gasteiger charge is 2.25. The Labute approximate surface area is 113 Å². The van der Waals surface area contributed by atoms with E-state index in [0.29, 0.717) is 6.04 Å². The van der Waals surface area contributed by atoms with E-state index in [2.05, 4.69) is 40.1 Å². The first-order valence-corrected chi connectivity index (χ1v) is 6.73. The molecule has 1 saturated heterocycles. The molecular weight excluding hydrogens is 238 g/mol. The molecule has 1 N–H and O–H groups in total. The fourth-order valence-corrected chi connectivity index (χ4v) is 2.47. The van der Waals surface area contributed by atoms with Gasteiger partial charge in [0.1, 0.15) is 0 Å². The molecule has 100 valence electrons. The monoisotopic (exact) mass is 257 g/mol. The number of imidazole rings is 1. The number of ether oxygens (including phenoxy) is 1. The molecule has 4 heteroatoms. The molecule has 1 fully saturated rings. The van der Waals surface area contributed by atoms with Gasteiger partial charge in [0.05, 0.1) is 17.8 Å². The number of nitrogens with one attached hydrogen (secondary N) is 1. The highest BCUT2D eigenvalue weighted by atomic mass is 16.5. The number of benzene rings is 1. The molecule has 2 atom stereocenters. The summed E-state index contributed by atoms with van der Waals surface area (Å²) in [5, 5.41) is 3.51. The summed E-state index contributed by atoms with van der Waals surface area (Å²) in [5.41, 5.74) is 2.13. The van der Waals surface area contributed by atoms with Gasteiger partial charge in [-0.15, -0.1) is 0 Å². The Kier molecular flexibility index (Phi) is 3.25. The quantitative estimate of drug-likeness (QED) is 0.919. The molecule has 0 aliphatic carbocycles. The molecule has 2 heterocycles. The predicted octanol–water partition coefficient (Wildman–Crippen LogP) is 2.77. The first-order chi connectivity index (χ1) is 9.24. The Hall–Kier alpha value is -1.81. The number of hydrogen-bond donors (Lipinski definition) is 1. The van der Waals surface area contributed by atoms with E-state index in [1.807, 2.05) is 25.1 Å². The van der Waals surface area contributed by atoms with E-state index in [0.717, 1.165) is 30.4 Å². The van der Waals surface area contributed by atoms with Crippen molar-refractivity contribution in [1.29, 1.82) is 0 Å². The molecule has 0 amide bonds. The fourth-order valence-electron chi connectivity index (χ4n) is 2.47. The molecule has 1 aliphatic heterocycles. The Morgan fingerprint density at radius 2 is 2.11 bits per heavy atom. The Morgan fingerprint density at radius 3 is 2.79 bits per heavy atom. The molecule has 4 nitrogen and oxygen atoms in total. The van der Waals surface area contributed by atoms with Crippen LogP contribution in [0, 0.1) is 6.92 Å². The third kappa shape index (κ3) is 2.49. The van der Waals surface area contributed by atoms with Gasteiger partial charge >= 0.3 is 0 Å². The second kappa shape index (κ2) is 5.05. The number of aromatic nitrogens is 2. The molecule has 1 aromatic heterocycles. The average Bonchev–Trinajstić information content (AvgIpc) is 2.98. The molecule has 2 aromatic rings. The first kappa shape index (κ1) is 12.2.